The van der Waals surface area contributed by atoms with E-state index in [2.05, 4.69) is 22.3 Å². The summed E-state index contributed by atoms with van der Waals surface area (Å²) in [6.45, 7) is 2.85. The zero-order chi connectivity index (χ0) is 15.2. The van der Waals surface area contributed by atoms with Crippen LogP contribution in [0.1, 0.15) is 25.8 Å². The lowest BCUT2D eigenvalue weighted by molar-refractivity contribution is 0.0958. The van der Waals surface area contributed by atoms with Gasteiger partial charge in [0, 0.05) is 31.9 Å². The molecule has 2 aromatic rings. The fraction of sp³-hybridized carbons (Fsp3) is 0.333. The highest BCUT2D eigenvalue weighted by molar-refractivity contribution is 7.14. The van der Waals surface area contributed by atoms with Crippen LogP contribution in [-0.2, 0) is 13.5 Å². The second kappa shape index (κ2) is 7.07. The molecule has 1 amide bonds. The molecule has 3 N–H and O–H groups in total. The summed E-state index contributed by atoms with van der Waals surface area (Å²) in [4.78, 5) is 13.7. The first-order valence-electron chi connectivity index (χ1n) is 6.66. The number of nitrogens with one attached hydrogen (secondary N) is 1. The van der Waals surface area contributed by atoms with Crippen molar-refractivity contribution in [2.45, 2.75) is 13.3 Å². The van der Waals surface area contributed by atoms with E-state index in [1.54, 1.807) is 6.20 Å². The van der Waals surface area contributed by atoms with E-state index in [1.807, 2.05) is 30.8 Å². The van der Waals surface area contributed by atoms with Gasteiger partial charge in [0.2, 0.25) is 0 Å². The molecule has 6 heteroatoms. The number of aromatic nitrogens is 2. The average molecular weight is 302 g/mol. The third-order valence-corrected chi connectivity index (χ3v) is 4.19. The van der Waals surface area contributed by atoms with Crippen LogP contribution in [-0.4, -0.2) is 28.8 Å². The third-order valence-electron chi connectivity index (χ3n) is 3.03. The number of carbonyl (C=O) groups is 1. The lowest BCUT2D eigenvalue weighted by Gasteiger charge is -2.04. The topological polar surface area (TPSA) is 72.9 Å². The molecule has 0 bridgehead atoms. The van der Waals surface area contributed by atoms with Gasteiger partial charge >= 0.3 is 0 Å². The van der Waals surface area contributed by atoms with Crippen LogP contribution < -0.4 is 11.1 Å². The fourth-order valence-corrected chi connectivity index (χ4v) is 2.85. The molecule has 21 heavy (non-hydrogen) atoms. The van der Waals surface area contributed by atoms with Gasteiger partial charge in [0.25, 0.3) is 5.91 Å². The smallest absolute Gasteiger partial charge is 0.261 e. The first-order chi connectivity index (χ1) is 10.1. The van der Waals surface area contributed by atoms with Crippen LogP contribution in [0, 0.1) is 18.8 Å². The Balaban J connectivity index is 1.93. The van der Waals surface area contributed by atoms with Gasteiger partial charge in [-0.15, -0.1) is 11.3 Å². The Morgan fingerprint density at radius 3 is 3.05 bits per heavy atom. The predicted molar refractivity (Wildman–Crippen MR) is 84.2 cm³/mol. The highest BCUT2D eigenvalue weighted by Crippen LogP contribution is 2.20. The summed E-state index contributed by atoms with van der Waals surface area (Å²) in [6.07, 6.45) is 2.51. The average Bonchev–Trinajstić information content (AvgIpc) is 3.03. The number of nitrogens with two attached hydrogens (primary N) is 1. The Morgan fingerprint density at radius 1 is 1.57 bits per heavy atom. The molecule has 0 saturated carbocycles. The van der Waals surface area contributed by atoms with E-state index >= 15 is 0 Å². The lowest BCUT2D eigenvalue weighted by Crippen LogP contribution is -2.25. The van der Waals surface area contributed by atoms with Crippen molar-refractivity contribution in [2.75, 3.05) is 13.1 Å². The molecular formula is C15H18N4OS. The van der Waals surface area contributed by atoms with Crippen LogP contribution in [0.4, 0.5) is 0 Å². The van der Waals surface area contributed by atoms with E-state index in [-0.39, 0.29) is 5.91 Å². The number of hydrogen-bond donors (Lipinski definition) is 2. The van der Waals surface area contributed by atoms with Gasteiger partial charge in [0.15, 0.2) is 0 Å². The Bertz CT molecular complexity index is 690. The van der Waals surface area contributed by atoms with Gasteiger partial charge in [-0.25, -0.2) is 0 Å². The molecule has 0 aliphatic rings. The number of nitrogens with zero attached hydrogens (tertiary/aromatic N) is 2. The quantitative estimate of drug-likeness (QED) is 0.830. The summed E-state index contributed by atoms with van der Waals surface area (Å²) >= 11 is 1.40. The lowest BCUT2D eigenvalue weighted by atomic mass is 10.2. The molecule has 5 nitrogen and oxygen atoms in total. The van der Waals surface area contributed by atoms with Gasteiger partial charge in [-0.3, -0.25) is 9.48 Å². The predicted octanol–water partition coefficient (Wildman–Crippen LogP) is 1.07. The van der Waals surface area contributed by atoms with Crippen LogP contribution >= 0.6 is 11.3 Å². The van der Waals surface area contributed by atoms with E-state index in [1.165, 1.54) is 11.3 Å². The van der Waals surface area contributed by atoms with Crippen LogP contribution in [0.3, 0.4) is 0 Å². The zero-order valence-corrected chi connectivity index (χ0v) is 13.0. The number of carbonyl (C=O) groups excluding carboxylic acids is 1. The van der Waals surface area contributed by atoms with Gasteiger partial charge in [0.05, 0.1) is 16.3 Å². The van der Waals surface area contributed by atoms with Crippen molar-refractivity contribution >= 4 is 17.2 Å². The first-order valence-corrected chi connectivity index (χ1v) is 7.48. The van der Waals surface area contributed by atoms with Crippen molar-refractivity contribution < 1.29 is 4.79 Å². The Hall–Kier alpha value is -2.10. The Labute approximate surface area is 128 Å². The van der Waals surface area contributed by atoms with Crippen LogP contribution in [0.25, 0.3) is 0 Å². The van der Waals surface area contributed by atoms with E-state index in [0.717, 1.165) is 22.6 Å². The summed E-state index contributed by atoms with van der Waals surface area (Å²) in [5.74, 6) is 5.73. The molecule has 0 aliphatic heterocycles. The summed E-state index contributed by atoms with van der Waals surface area (Å²) in [5.41, 5.74) is 7.46. The minimum absolute atomic E-state index is 0.0638. The molecule has 2 aromatic heterocycles. The van der Waals surface area contributed by atoms with Gasteiger partial charge in [-0.2, -0.15) is 5.10 Å². The summed E-state index contributed by atoms with van der Waals surface area (Å²) < 4.78 is 1.81. The zero-order valence-electron chi connectivity index (χ0n) is 12.1. The molecular weight excluding hydrogens is 284 g/mol. The molecule has 0 unspecified atom stereocenters. The fourth-order valence-electron chi connectivity index (χ4n) is 1.89. The van der Waals surface area contributed by atoms with Crippen LogP contribution in [0.5, 0.6) is 0 Å². The third kappa shape index (κ3) is 3.94. The molecule has 0 aromatic carbocycles. The first kappa shape index (κ1) is 15.3. The number of rotatable bonds is 4. The number of amides is 1. The molecule has 2 heterocycles. The van der Waals surface area contributed by atoms with Gasteiger partial charge in [0.1, 0.15) is 0 Å². The summed E-state index contributed by atoms with van der Waals surface area (Å²) in [7, 11) is 1.89. The monoisotopic (exact) mass is 302 g/mol. The molecule has 2 rings (SSSR count). The van der Waals surface area contributed by atoms with Crippen molar-refractivity contribution in [2.24, 2.45) is 12.8 Å². The van der Waals surface area contributed by atoms with E-state index in [9.17, 15) is 4.79 Å². The van der Waals surface area contributed by atoms with Gasteiger partial charge in [-0.1, -0.05) is 11.8 Å². The van der Waals surface area contributed by atoms with E-state index in [4.69, 9.17) is 5.73 Å². The highest BCUT2D eigenvalue weighted by atomic mass is 32.1. The van der Waals surface area contributed by atoms with Gasteiger partial charge < -0.3 is 11.1 Å². The maximum Gasteiger partial charge on any atom is 0.261 e. The normalized spacial score (nSPS) is 10.0. The molecule has 0 fully saturated rings. The Morgan fingerprint density at radius 2 is 2.38 bits per heavy atom. The standard InChI is InChI=1S/C15H18N4OS/c1-11-10-14(21-13(11)4-3-7-16)15(20)17-8-5-12-6-9-18-19(12)2/h6,9-10H,5,7-8,16H2,1-2H3,(H,17,20). The number of thiophene rings is 1. The van der Waals surface area contributed by atoms with Crippen molar-refractivity contribution in [3.05, 3.63) is 39.3 Å². The molecule has 0 radical (unpaired) electrons. The maximum atomic E-state index is 12.1. The second-order valence-electron chi connectivity index (χ2n) is 4.58. The minimum atomic E-state index is -0.0638. The summed E-state index contributed by atoms with van der Waals surface area (Å²) in [6, 6.07) is 3.81. The van der Waals surface area contributed by atoms with E-state index < -0.39 is 0 Å². The molecule has 0 spiro atoms. The minimum Gasteiger partial charge on any atom is -0.351 e. The van der Waals surface area contributed by atoms with Crippen LogP contribution in [0.15, 0.2) is 18.3 Å². The highest BCUT2D eigenvalue weighted by Gasteiger charge is 2.11. The molecule has 0 atom stereocenters. The van der Waals surface area contributed by atoms with Gasteiger partial charge in [-0.05, 0) is 24.6 Å². The van der Waals surface area contributed by atoms with E-state index in [0.29, 0.717) is 18.0 Å². The van der Waals surface area contributed by atoms with Crippen molar-refractivity contribution in [3.8, 4) is 11.8 Å². The maximum absolute atomic E-state index is 12.1. The SMILES string of the molecule is Cc1cc(C(=O)NCCc2ccnn2C)sc1C#CCN. The molecule has 110 valence electrons. The Kier molecular flexibility index (Phi) is 5.14. The largest absolute Gasteiger partial charge is 0.351 e. The summed E-state index contributed by atoms with van der Waals surface area (Å²) in [5, 5.41) is 7.02. The molecule has 0 saturated heterocycles. The number of hydrogen-bond acceptors (Lipinski definition) is 4. The second-order valence-corrected chi connectivity index (χ2v) is 5.63. The van der Waals surface area contributed by atoms with Crippen molar-refractivity contribution in [3.63, 3.8) is 0 Å². The van der Waals surface area contributed by atoms with Crippen LogP contribution in [0.2, 0.25) is 0 Å². The number of aryl methyl sites for hydroxylation is 2. The molecule has 0 aliphatic carbocycles. The van der Waals surface area contributed by atoms with Crippen molar-refractivity contribution in [1.29, 1.82) is 0 Å². The van der Waals surface area contributed by atoms with Crippen molar-refractivity contribution in [1.82, 2.24) is 15.1 Å².